The maximum absolute atomic E-state index is 11.8. The molecular formula is C14H15BrO3. The fourth-order valence-electron chi connectivity index (χ4n) is 2.34. The van der Waals surface area contributed by atoms with Gasteiger partial charge in [-0.3, -0.25) is 4.79 Å². The van der Waals surface area contributed by atoms with E-state index in [1.807, 2.05) is 12.1 Å². The van der Waals surface area contributed by atoms with Crippen LogP contribution in [0.3, 0.4) is 0 Å². The zero-order chi connectivity index (χ0) is 13.3. The molecule has 0 radical (unpaired) electrons. The highest BCUT2D eigenvalue weighted by Crippen LogP contribution is 2.44. The van der Waals surface area contributed by atoms with Gasteiger partial charge in [0.15, 0.2) is 5.78 Å². The number of Topliss-reactive ketones (excluding diaryl/α,β-unsaturated/α-hetero) is 1. The Labute approximate surface area is 115 Å². The number of rotatable bonds is 3. The molecule has 3 nitrogen and oxygen atoms in total. The summed E-state index contributed by atoms with van der Waals surface area (Å²) in [6.07, 6.45) is 3.68. The lowest BCUT2D eigenvalue weighted by molar-refractivity contribution is -0.111. The number of allylic oxidation sites excluding steroid dienone is 2. The van der Waals surface area contributed by atoms with Gasteiger partial charge in [0.2, 0.25) is 0 Å². The third-order valence-corrected chi connectivity index (χ3v) is 3.71. The minimum atomic E-state index is 0.0504. The number of methoxy groups -OCH3 is 2. The van der Waals surface area contributed by atoms with Crippen molar-refractivity contribution in [1.82, 2.24) is 0 Å². The quantitative estimate of drug-likeness (QED) is 0.858. The molecule has 2 rings (SSSR count). The molecule has 1 aliphatic rings. The number of hydrogen-bond donors (Lipinski definition) is 0. The molecule has 0 amide bonds. The maximum atomic E-state index is 11.8. The van der Waals surface area contributed by atoms with Crippen molar-refractivity contribution in [3.05, 3.63) is 27.7 Å². The molecule has 1 aromatic rings. The summed E-state index contributed by atoms with van der Waals surface area (Å²) in [7, 11) is 3.25. The highest BCUT2D eigenvalue weighted by Gasteiger charge is 2.25. The second-order valence-corrected chi connectivity index (χ2v) is 5.01. The number of fused-ring (bicyclic) bond motifs is 1. The molecule has 0 bridgehead atoms. The van der Waals surface area contributed by atoms with Crippen LogP contribution in [-0.4, -0.2) is 20.0 Å². The average molecular weight is 311 g/mol. The van der Waals surface area contributed by atoms with Crippen LogP contribution in [0.4, 0.5) is 0 Å². The van der Waals surface area contributed by atoms with Gasteiger partial charge in [0.05, 0.1) is 18.7 Å². The predicted molar refractivity (Wildman–Crippen MR) is 74.2 cm³/mol. The van der Waals surface area contributed by atoms with Crippen LogP contribution in [0.1, 0.15) is 24.5 Å². The third kappa shape index (κ3) is 2.05. The van der Waals surface area contributed by atoms with Crippen molar-refractivity contribution in [3.63, 3.8) is 0 Å². The molecule has 18 heavy (non-hydrogen) atoms. The fraction of sp³-hybridized carbons (Fsp3) is 0.357. The van der Waals surface area contributed by atoms with E-state index < -0.39 is 0 Å². The summed E-state index contributed by atoms with van der Waals surface area (Å²) >= 11 is 3.46. The van der Waals surface area contributed by atoms with E-state index in [9.17, 15) is 4.79 Å². The van der Waals surface area contributed by atoms with Crippen LogP contribution < -0.4 is 9.47 Å². The topological polar surface area (TPSA) is 35.5 Å². The molecule has 1 aromatic carbocycles. The summed E-state index contributed by atoms with van der Waals surface area (Å²) in [4.78, 5) is 11.8. The van der Waals surface area contributed by atoms with Crippen molar-refractivity contribution >= 4 is 27.3 Å². The van der Waals surface area contributed by atoms with E-state index >= 15 is 0 Å². The van der Waals surface area contributed by atoms with Crippen LogP contribution in [0.15, 0.2) is 16.6 Å². The van der Waals surface area contributed by atoms with Crippen molar-refractivity contribution in [2.75, 3.05) is 14.2 Å². The van der Waals surface area contributed by atoms with Gasteiger partial charge < -0.3 is 9.47 Å². The number of halogens is 1. The van der Waals surface area contributed by atoms with Crippen molar-refractivity contribution in [2.24, 2.45) is 0 Å². The van der Waals surface area contributed by atoms with E-state index in [0.717, 1.165) is 34.2 Å². The maximum Gasteiger partial charge on any atom is 0.160 e. The minimum Gasteiger partial charge on any atom is -0.496 e. The lowest BCUT2D eigenvalue weighted by atomic mass is 9.87. The Kier molecular flexibility index (Phi) is 3.76. The van der Waals surface area contributed by atoms with E-state index in [-0.39, 0.29) is 5.78 Å². The van der Waals surface area contributed by atoms with Crippen molar-refractivity contribution in [2.45, 2.75) is 19.8 Å². The van der Waals surface area contributed by atoms with Gasteiger partial charge >= 0.3 is 0 Å². The Morgan fingerprint density at radius 3 is 2.61 bits per heavy atom. The lowest BCUT2D eigenvalue weighted by Gasteiger charge is -2.22. The first kappa shape index (κ1) is 13.1. The highest BCUT2D eigenvalue weighted by atomic mass is 79.9. The van der Waals surface area contributed by atoms with Crippen LogP contribution in [-0.2, 0) is 11.2 Å². The van der Waals surface area contributed by atoms with Crippen molar-refractivity contribution < 1.29 is 14.3 Å². The standard InChI is InChI=1S/C14H15BrO3/c1-8(16)9-5-4-6-10-12(17-2)7-11(15)14(18-3)13(9)10/h5,7H,4,6H2,1-3H3. The summed E-state index contributed by atoms with van der Waals surface area (Å²) in [6.45, 7) is 1.58. The molecule has 0 saturated heterocycles. The summed E-state index contributed by atoms with van der Waals surface area (Å²) in [5, 5.41) is 0. The Morgan fingerprint density at radius 1 is 1.33 bits per heavy atom. The SMILES string of the molecule is COc1cc(Br)c(OC)c2c1CCC=C2C(C)=O. The summed E-state index contributed by atoms with van der Waals surface area (Å²) in [6, 6.07) is 1.89. The molecule has 1 aliphatic carbocycles. The summed E-state index contributed by atoms with van der Waals surface area (Å²) < 4.78 is 11.6. The Hall–Kier alpha value is -1.29. The minimum absolute atomic E-state index is 0.0504. The number of ketones is 1. The van der Waals surface area contributed by atoms with Crippen LogP contribution in [0.25, 0.3) is 5.57 Å². The van der Waals surface area contributed by atoms with E-state index in [0.29, 0.717) is 11.3 Å². The normalized spacial score (nSPS) is 13.7. The second-order valence-electron chi connectivity index (χ2n) is 4.16. The first-order valence-corrected chi connectivity index (χ1v) is 6.54. The number of ether oxygens (including phenoxy) is 2. The largest absolute Gasteiger partial charge is 0.496 e. The molecule has 4 heteroatoms. The molecule has 0 unspecified atom stereocenters. The van der Waals surface area contributed by atoms with E-state index in [2.05, 4.69) is 15.9 Å². The molecule has 0 saturated carbocycles. The fourth-order valence-corrected chi connectivity index (χ4v) is 2.91. The molecule has 0 spiro atoms. The number of carbonyl (C=O) groups excluding carboxylic acids is 1. The van der Waals surface area contributed by atoms with Gasteiger partial charge in [0.1, 0.15) is 11.5 Å². The number of benzene rings is 1. The lowest BCUT2D eigenvalue weighted by Crippen LogP contribution is -2.09. The first-order valence-electron chi connectivity index (χ1n) is 5.75. The van der Waals surface area contributed by atoms with E-state index in [4.69, 9.17) is 9.47 Å². The van der Waals surface area contributed by atoms with Crippen LogP contribution in [0.2, 0.25) is 0 Å². The molecule has 0 aromatic heterocycles. The van der Waals surface area contributed by atoms with Crippen LogP contribution in [0, 0.1) is 0 Å². The molecule has 0 N–H and O–H groups in total. The highest BCUT2D eigenvalue weighted by molar-refractivity contribution is 9.10. The third-order valence-electron chi connectivity index (χ3n) is 3.12. The van der Waals surface area contributed by atoms with E-state index in [1.54, 1.807) is 21.1 Å². The van der Waals surface area contributed by atoms with Gasteiger partial charge in [-0.25, -0.2) is 0 Å². The van der Waals surface area contributed by atoms with Crippen molar-refractivity contribution in [1.29, 1.82) is 0 Å². The Bertz CT molecular complexity index is 532. The Morgan fingerprint density at radius 2 is 2.06 bits per heavy atom. The van der Waals surface area contributed by atoms with Gasteiger partial charge in [-0.15, -0.1) is 0 Å². The average Bonchev–Trinajstić information content (AvgIpc) is 2.37. The molecule has 0 atom stereocenters. The van der Waals surface area contributed by atoms with Gasteiger partial charge in [-0.05, 0) is 41.8 Å². The van der Waals surface area contributed by atoms with E-state index in [1.165, 1.54) is 0 Å². The van der Waals surface area contributed by atoms with Gasteiger partial charge in [-0.2, -0.15) is 0 Å². The monoisotopic (exact) mass is 310 g/mol. The molecule has 0 fully saturated rings. The number of carbonyl (C=O) groups is 1. The smallest absolute Gasteiger partial charge is 0.160 e. The molecule has 0 heterocycles. The molecular weight excluding hydrogens is 296 g/mol. The zero-order valence-electron chi connectivity index (χ0n) is 10.7. The predicted octanol–water partition coefficient (Wildman–Crippen LogP) is 3.38. The number of hydrogen-bond acceptors (Lipinski definition) is 3. The first-order chi connectivity index (χ1) is 8.60. The van der Waals surface area contributed by atoms with Gasteiger partial charge in [-0.1, -0.05) is 6.08 Å². The summed E-state index contributed by atoms with van der Waals surface area (Å²) in [5.41, 5.74) is 2.63. The summed E-state index contributed by atoms with van der Waals surface area (Å²) in [5.74, 6) is 1.55. The molecule has 96 valence electrons. The van der Waals surface area contributed by atoms with Crippen LogP contribution in [0.5, 0.6) is 11.5 Å². The zero-order valence-corrected chi connectivity index (χ0v) is 12.3. The molecule has 0 aliphatic heterocycles. The van der Waals surface area contributed by atoms with Gasteiger partial charge in [0, 0.05) is 16.7 Å². The Balaban J connectivity index is 2.76. The van der Waals surface area contributed by atoms with Crippen molar-refractivity contribution in [3.8, 4) is 11.5 Å². The van der Waals surface area contributed by atoms with Crippen LogP contribution >= 0.6 is 15.9 Å². The second kappa shape index (κ2) is 5.14. The van der Waals surface area contributed by atoms with Gasteiger partial charge in [0.25, 0.3) is 0 Å².